The molecular weight excluding hydrogens is 174 g/mol. The Morgan fingerprint density at radius 3 is 2.79 bits per heavy atom. The number of methoxy groups -OCH3 is 1. The molecular formula is C12H25NO. The number of ether oxygens (including phenoxy) is 1. The summed E-state index contributed by atoms with van der Waals surface area (Å²) in [4.78, 5) is 0. The minimum absolute atomic E-state index is 0.477. The highest BCUT2D eigenvalue weighted by molar-refractivity contribution is 4.73. The molecule has 0 heterocycles. The molecule has 0 saturated heterocycles. The summed E-state index contributed by atoms with van der Waals surface area (Å²) in [5.41, 5.74) is 6.03. The molecule has 2 unspecified atom stereocenters. The molecule has 0 bridgehead atoms. The van der Waals surface area contributed by atoms with Crippen LogP contribution in [0.25, 0.3) is 0 Å². The average molecular weight is 199 g/mol. The van der Waals surface area contributed by atoms with E-state index in [0.29, 0.717) is 6.04 Å². The third kappa shape index (κ3) is 4.97. The van der Waals surface area contributed by atoms with Gasteiger partial charge in [-0.15, -0.1) is 0 Å². The van der Waals surface area contributed by atoms with Gasteiger partial charge in [0.25, 0.3) is 0 Å². The molecule has 2 atom stereocenters. The zero-order valence-corrected chi connectivity index (χ0v) is 9.50. The lowest BCUT2D eigenvalue weighted by Gasteiger charge is -2.16. The second-order valence-electron chi connectivity index (χ2n) is 4.63. The van der Waals surface area contributed by atoms with E-state index in [9.17, 15) is 0 Å². The van der Waals surface area contributed by atoms with Gasteiger partial charge in [-0.25, -0.2) is 0 Å². The number of rotatable bonds is 5. The molecule has 0 aromatic carbocycles. The van der Waals surface area contributed by atoms with E-state index in [-0.39, 0.29) is 0 Å². The Balaban J connectivity index is 2.09. The Kier molecular flexibility index (Phi) is 6.20. The van der Waals surface area contributed by atoms with E-state index in [0.717, 1.165) is 12.5 Å². The monoisotopic (exact) mass is 199 g/mol. The summed E-state index contributed by atoms with van der Waals surface area (Å²) in [6.45, 7) is 0.915. The van der Waals surface area contributed by atoms with Crippen LogP contribution < -0.4 is 5.73 Å². The van der Waals surface area contributed by atoms with Crippen molar-refractivity contribution in [2.24, 2.45) is 11.7 Å². The van der Waals surface area contributed by atoms with Gasteiger partial charge in [-0.2, -0.15) is 0 Å². The quantitative estimate of drug-likeness (QED) is 0.546. The van der Waals surface area contributed by atoms with Crippen molar-refractivity contribution < 1.29 is 4.74 Å². The first-order valence-electron chi connectivity index (χ1n) is 6.07. The maximum absolute atomic E-state index is 6.03. The summed E-state index contributed by atoms with van der Waals surface area (Å²) in [6, 6.07) is 0.477. The van der Waals surface area contributed by atoms with E-state index < -0.39 is 0 Å². The number of hydrogen-bond donors (Lipinski definition) is 1. The summed E-state index contributed by atoms with van der Waals surface area (Å²) in [7, 11) is 1.78. The van der Waals surface area contributed by atoms with Crippen LogP contribution in [0, 0.1) is 5.92 Å². The molecule has 0 radical (unpaired) electrons. The van der Waals surface area contributed by atoms with Crippen LogP contribution in [-0.2, 0) is 4.74 Å². The molecule has 0 amide bonds. The second-order valence-corrected chi connectivity index (χ2v) is 4.63. The van der Waals surface area contributed by atoms with Crippen molar-refractivity contribution in [1.82, 2.24) is 0 Å². The zero-order valence-electron chi connectivity index (χ0n) is 9.50. The van der Waals surface area contributed by atoms with Gasteiger partial charge in [-0.05, 0) is 25.2 Å². The van der Waals surface area contributed by atoms with Crippen LogP contribution in [0.4, 0.5) is 0 Å². The minimum atomic E-state index is 0.477. The van der Waals surface area contributed by atoms with Gasteiger partial charge < -0.3 is 10.5 Å². The Bertz CT molecular complexity index is 138. The van der Waals surface area contributed by atoms with Gasteiger partial charge in [-0.1, -0.05) is 32.1 Å². The van der Waals surface area contributed by atoms with Gasteiger partial charge in [0, 0.05) is 19.8 Å². The fraction of sp³-hybridized carbons (Fsp3) is 1.00. The van der Waals surface area contributed by atoms with Crippen LogP contribution in [0.2, 0.25) is 0 Å². The van der Waals surface area contributed by atoms with Crippen molar-refractivity contribution >= 4 is 0 Å². The Morgan fingerprint density at radius 1 is 1.21 bits per heavy atom. The largest absolute Gasteiger partial charge is 0.385 e. The molecule has 0 spiro atoms. The third-order valence-electron chi connectivity index (χ3n) is 3.28. The van der Waals surface area contributed by atoms with Crippen LogP contribution in [-0.4, -0.2) is 19.8 Å². The van der Waals surface area contributed by atoms with Gasteiger partial charge >= 0.3 is 0 Å². The second kappa shape index (κ2) is 7.24. The fourth-order valence-corrected chi connectivity index (χ4v) is 2.44. The summed E-state index contributed by atoms with van der Waals surface area (Å²) < 4.78 is 5.05. The van der Waals surface area contributed by atoms with Crippen molar-refractivity contribution in [3.05, 3.63) is 0 Å². The van der Waals surface area contributed by atoms with E-state index in [4.69, 9.17) is 10.5 Å². The van der Waals surface area contributed by atoms with Gasteiger partial charge in [0.2, 0.25) is 0 Å². The molecule has 1 fully saturated rings. The van der Waals surface area contributed by atoms with Crippen LogP contribution >= 0.6 is 0 Å². The molecule has 1 saturated carbocycles. The Morgan fingerprint density at radius 2 is 2.00 bits per heavy atom. The zero-order chi connectivity index (χ0) is 10.2. The number of nitrogens with two attached hydrogens (primary N) is 1. The highest BCUT2D eigenvalue weighted by Gasteiger charge is 2.16. The first-order chi connectivity index (χ1) is 6.83. The molecule has 1 rings (SSSR count). The molecule has 2 nitrogen and oxygen atoms in total. The standard InChI is InChI=1S/C12H25NO/c1-14-9-5-4-7-11-6-2-3-8-12(13)10-11/h11-12H,2-10,13H2,1H3. The highest BCUT2D eigenvalue weighted by atomic mass is 16.5. The first-order valence-corrected chi connectivity index (χ1v) is 6.07. The lowest BCUT2D eigenvalue weighted by atomic mass is 9.93. The summed E-state index contributed by atoms with van der Waals surface area (Å²) >= 11 is 0. The molecule has 1 aliphatic rings. The van der Waals surface area contributed by atoms with Gasteiger partial charge in [0.15, 0.2) is 0 Å². The van der Waals surface area contributed by atoms with Gasteiger partial charge in [-0.3, -0.25) is 0 Å². The predicted molar refractivity (Wildman–Crippen MR) is 60.3 cm³/mol. The van der Waals surface area contributed by atoms with E-state index in [1.54, 1.807) is 7.11 Å². The third-order valence-corrected chi connectivity index (χ3v) is 3.28. The van der Waals surface area contributed by atoms with Gasteiger partial charge in [0.1, 0.15) is 0 Å². The van der Waals surface area contributed by atoms with Crippen LogP contribution in [0.3, 0.4) is 0 Å². The average Bonchev–Trinajstić information content (AvgIpc) is 2.38. The summed E-state index contributed by atoms with van der Waals surface area (Å²) in [5, 5.41) is 0. The normalized spacial score (nSPS) is 28.7. The minimum Gasteiger partial charge on any atom is -0.385 e. The number of unbranched alkanes of at least 4 members (excludes halogenated alkanes) is 1. The lowest BCUT2D eigenvalue weighted by Crippen LogP contribution is -2.21. The van der Waals surface area contributed by atoms with E-state index in [2.05, 4.69) is 0 Å². The lowest BCUT2D eigenvalue weighted by molar-refractivity contribution is 0.189. The van der Waals surface area contributed by atoms with Crippen molar-refractivity contribution in [3.63, 3.8) is 0 Å². The van der Waals surface area contributed by atoms with Crippen molar-refractivity contribution in [2.45, 2.75) is 57.4 Å². The SMILES string of the molecule is COCCCCC1CCCCC(N)C1. The summed E-state index contributed by atoms with van der Waals surface area (Å²) in [6.07, 6.45) is 10.5. The Hall–Kier alpha value is -0.0800. The first kappa shape index (κ1) is 12.0. The maximum Gasteiger partial charge on any atom is 0.0462 e. The summed E-state index contributed by atoms with van der Waals surface area (Å²) in [5.74, 6) is 0.893. The molecule has 2 N–H and O–H groups in total. The van der Waals surface area contributed by atoms with Crippen LogP contribution in [0.5, 0.6) is 0 Å². The molecule has 0 aromatic rings. The molecule has 2 heteroatoms. The molecule has 0 aliphatic heterocycles. The molecule has 14 heavy (non-hydrogen) atoms. The van der Waals surface area contributed by atoms with Gasteiger partial charge in [0.05, 0.1) is 0 Å². The van der Waals surface area contributed by atoms with E-state index in [1.165, 1.54) is 51.4 Å². The molecule has 1 aliphatic carbocycles. The van der Waals surface area contributed by atoms with Crippen molar-refractivity contribution in [3.8, 4) is 0 Å². The molecule has 84 valence electrons. The molecule has 0 aromatic heterocycles. The van der Waals surface area contributed by atoms with E-state index in [1.807, 2.05) is 0 Å². The topological polar surface area (TPSA) is 35.2 Å². The van der Waals surface area contributed by atoms with Crippen LogP contribution in [0.1, 0.15) is 51.4 Å². The van der Waals surface area contributed by atoms with E-state index >= 15 is 0 Å². The highest BCUT2D eigenvalue weighted by Crippen LogP contribution is 2.26. The maximum atomic E-state index is 6.03. The fourth-order valence-electron chi connectivity index (χ4n) is 2.44. The predicted octanol–water partition coefficient (Wildman–Crippen LogP) is 2.71. The van der Waals surface area contributed by atoms with Crippen molar-refractivity contribution in [2.75, 3.05) is 13.7 Å². The number of hydrogen-bond acceptors (Lipinski definition) is 2. The van der Waals surface area contributed by atoms with Crippen molar-refractivity contribution in [1.29, 1.82) is 0 Å². The smallest absolute Gasteiger partial charge is 0.0462 e. The van der Waals surface area contributed by atoms with Crippen LogP contribution in [0.15, 0.2) is 0 Å². The Labute approximate surface area is 88.2 Å².